The predicted octanol–water partition coefficient (Wildman–Crippen LogP) is 2.85. The molecule has 0 aromatic carbocycles. The van der Waals surface area contributed by atoms with Gasteiger partial charge in [0.2, 0.25) is 0 Å². The molecule has 0 aliphatic heterocycles. The Morgan fingerprint density at radius 2 is 2.08 bits per heavy atom. The standard InChI is InChI=1S/C10H17BrN2/c1-4-10-8(2)12-13(9(10)3)7-5-6-11/h4-7H2,1-3H3. The largest absolute Gasteiger partial charge is 0.269 e. The monoisotopic (exact) mass is 244 g/mol. The summed E-state index contributed by atoms with van der Waals surface area (Å²) in [5.74, 6) is 0. The first-order chi connectivity index (χ1) is 6.20. The first-order valence-corrected chi connectivity index (χ1v) is 5.91. The van der Waals surface area contributed by atoms with E-state index in [1.165, 1.54) is 17.0 Å². The van der Waals surface area contributed by atoms with Crippen LogP contribution in [0.5, 0.6) is 0 Å². The SMILES string of the molecule is CCc1c(C)nn(CCCBr)c1C. The molecule has 0 unspecified atom stereocenters. The average Bonchev–Trinajstić information content (AvgIpc) is 2.38. The van der Waals surface area contributed by atoms with Crippen molar-refractivity contribution >= 4 is 15.9 Å². The van der Waals surface area contributed by atoms with Crippen LogP contribution in [-0.2, 0) is 13.0 Å². The first-order valence-electron chi connectivity index (χ1n) is 4.79. The maximum atomic E-state index is 4.51. The Labute approximate surface area is 88.5 Å². The normalized spacial score (nSPS) is 10.8. The van der Waals surface area contributed by atoms with Gasteiger partial charge >= 0.3 is 0 Å². The van der Waals surface area contributed by atoms with Gasteiger partial charge in [-0.25, -0.2) is 0 Å². The molecular formula is C10H17BrN2. The van der Waals surface area contributed by atoms with Crippen molar-refractivity contribution in [3.63, 3.8) is 0 Å². The van der Waals surface area contributed by atoms with E-state index in [4.69, 9.17) is 0 Å². The Hall–Kier alpha value is -0.310. The molecule has 0 fully saturated rings. The zero-order valence-corrected chi connectivity index (χ0v) is 10.2. The molecule has 3 heteroatoms. The van der Waals surface area contributed by atoms with Crippen molar-refractivity contribution in [1.29, 1.82) is 0 Å². The van der Waals surface area contributed by atoms with Gasteiger partial charge in [0, 0.05) is 17.6 Å². The number of halogens is 1. The van der Waals surface area contributed by atoms with Gasteiger partial charge < -0.3 is 0 Å². The van der Waals surface area contributed by atoms with Gasteiger partial charge in [0.25, 0.3) is 0 Å². The smallest absolute Gasteiger partial charge is 0.0628 e. The van der Waals surface area contributed by atoms with Crippen molar-refractivity contribution in [3.8, 4) is 0 Å². The fourth-order valence-electron chi connectivity index (χ4n) is 1.67. The Bertz CT molecular complexity index is 279. The van der Waals surface area contributed by atoms with Crippen LogP contribution in [-0.4, -0.2) is 15.1 Å². The van der Waals surface area contributed by atoms with Crippen molar-refractivity contribution in [2.45, 2.75) is 40.2 Å². The van der Waals surface area contributed by atoms with Crippen molar-refractivity contribution in [1.82, 2.24) is 9.78 Å². The molecule has 0 bridgehead atoms. The molecule has 74 valence electrons. The summed E-state index contributed by atoms with van der Waals surface area (Å²) in [4.78, 5) is 0. The minimum atomic E-state index is 1.03. The van der Waals surface area contributed by atoms with Crippen LogP contribution in [0.3, 0.4) is 0 Å². The Balaban J connectivity index is 2.83. The number of nitrogens with zero attached hydrogens (tertiary/aromatic N) is 2. The predicted molar refractivity (Wildman–Crippen MR) is 59.5 cm³/mol. The van der Waals surface area contributed by atoms with Gasteiger partial charge in [0.05, 0.1) is 5.69 Å². The van der Waals surface area contributed by atoms with E-state index >= 15 is 0 Å². The molecule has 0 aliphatic carbocycles. The van der Waals surface area contributed by atoms with Gasteiger partial charge in [-0.1, -0.05) is 22.9 Å². The van der Waals surface area contributed by atoms with E-state index in [1.807, 2.05) is 0 Å². The second-order valence-electron chi connectivity index (χ2n) is 3.27. The maximum Gasteiger partial charge on any atom is 0.0628 e. The molecule has 0 saturated carbocycles. The summed E-state index contributed by atoms with van der Waals surface area (Å²) in [5.41, 5.74) is 3.94. The molecule has 0 amide bonds. The molecule has 0 aliphatic rings. The minimum Gasteiger partial charge on any atom is -0.269 e. The van der Waals surface area contributed by atoms with Crippen molar-refractivity contribution in [2.75, 3.05) is 5.33 Å². The molecule has 0 N–H and O–H groups in total. The highest BCUT2D eigenvalue weighted by atomic mass is 79.9. The lowest BCUT2D eigenvalue weighted by atomic mass is 10.1. The molecular weight excluding hydrogens is 228 g/mol. The Morgan fingerprint density at radius 3 is 2.54 bits per heavy atom. The third kappa shape index (κ3) is 2.33. The molecule has 0 radical (unpaired) electrons. The van der Waals surface area contributed by atoms with Gasteiger partial charge in [-0.3, -0.25) is 4.68 Å². The summed E-state index contributed by atoms with van der Waals surface area (Å²) < 4.78 is 2.12. The van der Waals surface area contributed by atoms with Gasteiger partial charge in [0.15, 0.2) is 0 Å². The van der Waals surface area contributed by atoms with E-state index < -0.39 is 0 Å². The molecule has 0 atom stereocenters. The van der Waals surface area contributed by atoms with E-state index in [0.29, 0.717) is 0 Å². The zero-order chi connectivity index (χ0) is 9.84. The summed E-state index contributed by atoms with van der Waals surface area (Å²) in [5, 5.41) is 5.56. The summed E-state index contributed by atoms with van der Waals surface area (Å²) >= 11 is 3.43. The second-order valence-corrected chi connectivity index (χ2v) is 4.06. The highest BCUT2D eigenvalue weighted by Gasteiger charge is 2.08. The number of aromatic nitrogens is 2. The van der Waals surface area contributed by atoms with Crippen LogP contribution < -0.4 is 0 Å². The highest BCUT2D eigenvalue weighted by Crippen LogP contribution is 2.13. The number of alkyl halides is 1. The van der Waals surface area contributed by atoms with Gasteiger partial charge in [-0.15, -0.1) is 0 Å². The maximum absolute atomic E-state index is 4.51. The van der Waals surface area contributed by atoms with Crippen LogP contribution >= 0.6 is 15.9 Å². The van der Waals surface area contributed by atoms with Crippen LogP contribution in [0.2, 0.25) is 0 Å². The van der Waals surface area contributed by atoms with Crippen LogP contribution in [0, 0.1) is 13.8 Å². The number of aryl methyl sites for hydroxylation is 2. The molecule has 1 heterocycles. The summed E-state index contributed by atoms with van der Waals surface area (Å²) in [6.45, 7) is 7.47. The molecule has 1 aromatic heterocycles. The number of hydrogen-bond acceptors (Lipinski definition) is 1. The topological polar surface area (TPSA) is 17.8 Å². The summed E-state index contributed by atoms with van der Waals surface area (Å²) in [7, 11) is 0. The quantitative estimate of drug-likeness (QED) is 0.746. The van der Waals surface area contributed by atoms with Gasteiger partial charge in [0.1, 0.15) is 0 Å². The first kappa shape index (κ1) is 10.8. The van der Waals surface area contributed by atoms with Crippen LogP contribution in [0.25, 0.3) is 0 Å². The van der Waals surface area contributed by atoms with E-state index in [0.717, 1.165) is 24.7 Å². The summed E-state index contributed by atoms with van der Waals surface area (Å²) in [6.07, 6.45) is 2.23. The summed E-state index contributed by atoms with van der Waals surface area (Å²) in [6, 6.07) is 0. The average molecular weight is 245 g/mol. The lowest BCUT2D eigenvalue weighted by Gasteiger charge is -2.02. The van der Waals surface area contributed by atoms with Crippen LogP contribution in [0.4, 0.5) is 0 Å². The minimum absolute atomic E-state index is 1.03. The molecule has 0 spiro atoms. The lowest BCUT2D eigenvalue weighted by Crippen LogP contribution is -2.03. The van der Waals surface area contributed by atoms with Crippen molar-refractivity contribution < 1.29 is 0 Å². The Kier molecular flexibility index (Phi) is 3.97. The second kappa shape index (κ2) is 4.80. The van der Waals surface area contributed by atoms with E-state index in [9.17, 15) is 0 Å². The molecule has 1 aromatic rings. The highest BCUT2D eigenvalue weighted by molar-refractivity contribution is 9.09. The number of hydrogen-bond donors (Lipinski definition) is 0. The molecule has 0 saturated heterocycles. The third-order valence-electron chi connectivity index (χ3n) is 2.39. The lowest BCUT2D eigenvalue weighted by molar-refractivity contribution is 0.587. The van der Waals surface area contributed by atoms with Gasteiger partial charge in [-0.2, -0.15) is 5.10 Å². The fraction of sp³-hybridized carbons (Fsp3) is 0.700. The van der Waals surface area contributed by atoms with Crippen LogP contribution in [0.1, 0.15) is 30.3 Å². The van der Waals surface area contributed by atoms with E-state index in [2.05, 4.69) is 46.5 Å². The number of rotatable bonds is 4. The fourth-order valence-corrected chi connectivity index (χ4v) is 1.92. The van der Waals surface area contributed by atoms with Crippen molar-refractivity contribution in [3.05, 3.63) is 17.0 Å². The van der Waals surface area contributed by atoms with Crippen molar-refractivity contribution in [2.24, 2.45) is 0 Å². The van der Waals surface area contributed by atoms with E-state index in [-0.39, 0.29) is 0 Å². The van der Waals surface area contributed by atoms with Crippen LogP contribution in [0.15, 0.2) is 0 Å². The molecule has 1 rings (SSSR count). The molecule has 2 nitrogen and oxygen atoms in total. The van der Waals surface area contributed by atoms with Gasteiger partial charge in [-0.05, 0) is 32.3 Å². The third-order valence-corrected chi connectivity index (χ3v) is 2.95. The van der Waals surface area contributed by atoms with E-state index in [1.54, 1.807) is 0 Å². The zero-order valence-electron chi connectivity index (χ0n) is 8.60. The molecule has 13 heavy (non-hydrogen) atoms. The Morgan fingerprint density at radius 1 is 1.38 bits per heavy atom.